The molecule has 0 amide bonds. The monoisotopic (exact) mass is 516 g/mol. The van der Waals surface area contributed by atoms with Crippen LogP contribution in [0.1, 0.15) is 21.5 Å². The second-order valence-corrected chi connectivity index (χ2v) is 8.39. The minimum absolute atomic E-state index is 0.0391. The highest BCUT2D eigenvalue weighted by atomic mass is 19.1. The molecule has 0 radical (unpaired) electrons. The van der Waals surface area contributed by atoms with Crippen molar-refractivity contribution in [2.24, 2.45) is 7.05 Å². The predicted molar refractivity (Wildman–Crippen MR) is 148 cm³/mol. The van der Waals surface area contributed by atoms with Crippen molar-refractivity contribution in [2.45, 2.75) is 0 Å². The van der Waals surface area contributed by atoms with Crippen molar-refractivity contribution in [3.8, 4) is 23.0 Å². The molecule has 38 heavy (non-hydrogen) atoms. The molecule has 0 atom stereocenters. The molecular weight excluding hydrogens is 487 g/mol. The number of aromatic nitrogens is 1. The number of anilines is 1. The summed E-state index contributed by atoms with van der Waals surface area (Å²) in [5.74, 6) is 0.825. The third-order valence-corrected chi connectivity index (χ3v) is 6.06. The molecule has 7 nitrogen and oxygen atoms in total. The van der Waals surface area contributed by atoms with E-state index in [1.165, 1.54) is 32.6 Å². The highest BCUT2D eigenvalue weighted by Gasteiger charge is 2.14. The Morgan fingerprint density at radius 1 is 0.868 bits per heavy atom. The van der Waals surface area contributed by atoms with Crippen LogP contribution in [0.15, 0.2) is 67.0 Å². The topological polar surface area (TPSA) is 71.0 Å². The minimum Gasteiger partial charge on any atom is -0.493 e. The number of halogens is 1. The zero-order chi connectivity index (χ0) is 27.2. The Bertz CT molecular complexity index is 1510. The lowest BCUT2D eigenvalue weighted by Crippen LogP contribution is -1.99. The number of carbonyl (C=O) groups excluding carboxylic acids is 1. The molecule has 0 bridgehead atoms. The molecule has 1 heterocycles. The highest BCUT2D eigenvalue weighted by molar-refractivity contribution is 6.13. The number of rotatable bonds is 10. The third-order valence-electron chi connectivity index (χ3n) is 6.06. The number of ether oxygens (including phenoxy) is 4. The number of hydrogen-bond donors (Lipinski definition) is 1. The number of fused-ring (bicyclic) bond motifs is 1. The quantitative estimate of drug-likeness (QED) is 0.151. The summed E-state index contributed by atoms with van der Waals surface area (Å²) in [6.45, 7) is 0. The summed E-state index contributed by atoms with van der Waals surface area (Å²) < 4.78 is 38.2. The molecule has 0 saturated heterocycles. The van der Waals surface area contributed by atoms with Gasteiger partial charge in [0, 0.05) is 42.0 Å². The molecule has 0 aliphatic rings. The number of hydrogen-bond acceptors (Lipinski definition) is 6. The van der Waals surface area contributed by atoms with Crippen molar-refractivity contribution in [1.82, 2.24) is 4.57 Å². The van der Waals surface area contributed by atoms with Gasteiger partial charge in [0.05, 0.1) is 34.1 Å². The van der Waals surface area contributed by atoms with Crippen LogP contribution in [0.2, 0.25) is 0 Å². The van der Waals surface area contributed by atoms with Crippen molar-refractivity contribution >= 4 is 34.5 Å². The molecule has 3 aromatic carbocycles. The van der Waals surface area contributed by atoms with Crippen LogP contribution >= 0.6 is 0 Å². The fourth-order valence-corrected chi connectivity index (χ4v) is 4.25. The van der Waals surface area contributed by atoms with E-state index in [2.05, 4.69) is 5.32 Å². The fraction of sp³-hybridized carbons (Fsp3) is 0.167. The van der Waals surface area contributed by atoms with Gasteiger partial charge in [-0.25, -0.2) is 4.39 Å². The van der Waals surface area contributed by atoms with E-state index in [1.54, 1.807) is 50.8 Å². The number of para-hydroxylation sites is 1. The molecule has 0 spiro atoms. The van der Waals surface area contributed by atoms with Crippen molar-refractivity contribution in [1.29, 1.82) is 0 Å². The Hall–Kier alpha value is -4.72. The largest absolute Gasteiger partial charge is 0.493 e. The second kappa shape index (κ2) is 11.6. The van der Waals surface area contributed by atoms with E-state index >= 15 is 0 Å². The summed E-state index contributed by atoms with van der Waals surface area (Å²) >= 11 is 0. The lowest BCUT2D eigenvalue weighted by molar-refractivity contribution is 0.104. The molecule has 1 aromatic heterocycles. The molecule has 0 fully saturated rings. The number of benzene rings is 3. The van der Waals surface area contributed by atoms with E-state index in [0.29, 0.717) is 34.1 Å². The molecule has 1 N–H and O–H groups in total. The average Bonchev–Trinajstić information content (AvgIpc) is 3.27. The van der Waals surface area contributed by atoms with Crippen molar-refractivity contribution in [3.05, 3.63) is 89.5 Å². The zero-order valence-corrected chi connectivity index (χ0v) is 21.9. The number of carbonyl (C=O) groups is 1. The Morgan fingerprint density at radius 3 is 2.13 bits per heavy atom. The number of aryl methyl sites for hydroxylation is 1. The van der Waals surface area contributed by atoms with Gasteiger partial charge in [-0.1, -0.05) is 30.4 Å². The van der Waals surface area contributed by atoms with Crippen LogP contribution in [0.4, 0.5) is 10.1 Å². The second-order valence-electron chi connectivity index (χ2n) is 8.39. The highest BCUT2D eigenvalue weighted by Crippen LogP contribution is 2.39. The van der Waals surface area contributed by atoms with Crippen LogP contribution in [0.3, 0.4) is 0 Å². The van der Waals surface area contributed by atoms with Crippen LogP contribution in [0.5, 0.6) is 23.0 Å². The molecule has 8 heteroatoms. The van der Waals surface area contributed by atoms with Crippen LogP contribution in [-0.4, -0.2) is 38.8 Å². The smallest absolute Gasteiger partial charge is 0.203 e. The average molecular weight is 517 g/mol. The standard InChI is InChI=1S/C30H29FN2O5/c1-33-18-22(21-8-6-7-9-25(21)33)26(34)12-13-32-24-15-19(14-23(31)29(24)37-4)10-11-20-16-27(35-2)30(38-5)28(17-20)36-3/h6-18,32H,1-5H3/b11-10?,13-12-. The van der Waals surface area contributed by atoms with Crippen molar-refractivity contribution in [3.63, 3.8) is 0 Å². The van der Waals surface area contributed by atoms with Crippen LogP contribution in [0.25, 0.3) is 23.1 Å². The molecule has 0 saturated carbocycles. The number of allylic oxidation sites excluding steroid dienone is 1. The van der Waals surface area contributed by atoms with Crippen LogP contribution in [0, 0.1) is 5.82 Å². The first-order valence-corrected chi connectivity index (χ1v) is 11.8. The molecule has 0 unspecified atom stereocenters. The summed E-state index contributed by atoms with van der Waals surface area (Å²) in [6, 6.07) is 14.4. The first kappa shape index (κ1) is 26.3. The van der Waals surface area contributed by atoms with Crippen molar-refractivity contribution in [2.75, 3.05) is 33.8 Å². The van der Waals surface area contributed by atoms with Gasteiger partial charge in [-0.05, 0) is 41.5 Å². The van der Waals surface area contributed by atoms with Gasteiger partial charge in [0.15, 0.2) is 28.8 Å². The summed E-state index contributed by atoms with van der Waals surface area (Å²) in [6.07, 6.45) is 8.24. The van der Waals surface area contributed by atoms with Gasteiger partial charge in [-0.3, -0.25) is 4.79 Å². The summed E-state index contributed by atoms with van der Waals surface area (Å²) in [5, 5.41) is 3.85. The van der Waals surface area contributed by atoms with E-state index in [9.17, 15) is 9.18 Å². The van der Waals surface area contributed by atoms with Gasteiger partial charge < -0.3 is 28.8 Å². The van der Waals surface area contributed by atoms with E-state index in [4.69, 9.17) is 18.9 Å². The van der Waals surface area contributed by atoms with Gasteiger partial charge in [0.2, 0.25) is 5.75 Å². The Labute approximate surface area is 220 Å². The van der Waals surface area contributed by atoms with Gasteiger partial charge in [0.1, 0.15) is 0 Å². The molecule has 4 rings (SSSR count). The zero-order valence-electron chi connectivity index (χ0n) is 21.9. The number of methoxy groups -OCH3 is 4. The fourth-order valence-electron chi connectivity index (χ4n) is 4.25. The maximum absolute atomic E-state index is 14.9. The SMILES string of the molecule is COc1cc(C=Cc2cc(F)c(OC)c(N/C=C\C(=O)c3cn(C)c4ccccc34)c2)cc(OC)c1OC. The van der Waals surface area contributed by atoms with Crippen molar-refractivity contribution < 1.29 is 28.1 Å². The Morgan fingerprint density at radius 2 is 1.50 bits per heavy atom. The summed E-state index contributed by atoms with van der Waals surface area (Å²) in [5.41, 5.74) is 3.27. The number of nitrogens with one attached hydrogen (secondary N) is 1. The number of ketones is 1. The first-order valence-electron chi connectivity index (χ1n) is 11.8. The molecule has 4 aromatic rings. The van der Waals surface area contributed by atoms with Gasteiger partial charge in [-0.15, -0.1) is 0 Å². The summed E-state index contributed by atoms with van der Waals surface area (Å²) in [7, 11) is 7.90. The van der Waals surface area contributed by atoms with E-state index < -0.39 is 5.82 Å². The molecule has 0 aliphatic heterocycles. The van der Waals surface area contributed by atoms with Gasteiger partial charge in [-0.2, -0.15) is 0 Å². The maximum Gasteiger partial charge on any atom is 0.203 e. The van der Waals surface area contributed by atoms with Crippen LogP contribution < -0.4 is 24.3 Å². The van der Waals surface area contributed by atoms with E-state index in [-0.39, 0.29) is 11.5 Å². The lowest BCUT2D eigenvalue weighted by Gasteiger charge is -2.13. The normalized spacial score (nSPS) is 11.3. The first-order chi connectivity index (χ1) is 18.4. The van der Waals surface area contributed by atoms with Gasteiger partial charge in [0.25, 0.3) is 0 Å². The Kier molecular flexibility index (Phi) is 8.01. The molecule has 0 aliphatic carbocycles. The predicted octanol–water partition coefficient (Wildman–Crippen LogP) is 6.33. The lowest BCUT2D eigenvalue weighted by atomic mass is 10.1. The molecular formula is C30H29FN2O5. The van der Waals surface area contributed by atoms with Gasteiger partial charge >= 0.3 is 0 Å². The third kappa shape index (κ3) is 5.34. The minimum atomic E-state index is -0.546. The van der Waals surface area contributed by atoms with E-state index in [0.717, 1.165) is 16.5 Å². The van der Waals surface area contributed by atoms with Crippen LogP contribution in [-0.2, 0) is 7.05 Å². The summed E-state index contributed by atoms with van der Waals surface area (Å²) in [4.78, 5) is 12.9. The molecule has 196 valence electrons. The Balaban J connectivity index is 1.58. The maximum atomic E-state index is 14.9. The number of nitrogens with zero attached hydrogens (tertiary/aromatic N) is 1. The van der Waals surface area contributed by atoms with E-state index in [1.807, 2.05) is 35.9 Å².